The van der Waals surface area contributed by atoms with Gasteiger partial charge in [0.25, 0.3) is 0 Å². The van der Waals surface area contributed by atoms with Crippen LogP contribution in [-0.2, 0) is 28.9 Å². The number of rotatable bonds is 11. The lowest BCUT2D eigenvalue weighted by atomic mass is 10.0. The number of ether oxygens (including phenoxy) is 1. The Balaban J connectivity index is 1.38. The number of esters is 1. The molecule has 210 valence electrons. The first-order valence-electron chi connectivity index (χ1n) is 13.6. The Morgan fingerprint density at radius 3 is 2.25 bits per heavy atom. The van der Waals surface area contributed by atoms with Crippen molar-refractivity contribution in [3.63, 3.8) is 0 Å². The van der Waals surface area contributed by atoms with Crippen molar-refractivity contribution in [1.82, 2.24) is 10.2 Å². The number of carbonyl (C=O) groups excluding carboxylic acids is 2. The number of carboxylic acid groups (broad SMARTS) is 1. The second-order valence-corrected chi connectivity index (χ2v) is 10.6. The van der Waals surface area contributed by atoms with Crippen LogP contribution >= 0.6 is 0 Å². The second-order valence-electron chi connectivity index (χ2n) is 10.6. The van der Waals surface area contributed by atoms with E-state index in [1.807, 2.05) is 80.6 Å². The van der Waals surface area contributed by atoms with E-state index < -0.39 is 30.1 Å². The number of benzene rings is 3. The lowest BCUT2D eigenvalue weighted by Crippen LogP contribution is -2.52. The Morgan fingerprint density at radius 1 is 0.900 bits per heavy atom. The van der Waals surface area contributed by atoms with E-state index in [0.29, 0.717) is 5.75 Å². The first-order valence-corrected chi connectivity index (χ1v) is 13.6. The number of aryl methyl sites for hydroxylation is 2. The molecule has 3 N–H and O–H groups in total. The van der Waals surface area contributed by atoms with Crippen LogP contribution in [0.2, 0.25) is 0 Å². The van der Waals surface area contributed by atoms with Gasteiger partial charge in [-0.25, -0.2) is 14.4 Å². The number of aliphatic hydroxyl groups excluding tert-OH is 1. The van der Waals surface area contributed by atoms with E-state index >= 15 is 0 Å². The molecule has 4 rings (SSSR count). The molecule has 2 amide bonds. The van der Waals surface area contributed by atoms with E-state index in [4.69, 9.17) is 4.74 Å². The predicted octanol–water partition coefficient (Wildman–Crippen LogP) is 4.47. The third-order valence-corrected chi connectivity index (χ3v) is 6.92. The van der Waals surface area contributed by atoms with Crippen LogP contribution in [0.4, 0.5) is 4.79 Å². The number of amides is 2. The molecule has 1 unspecified atom stereocenters. The molecule has 8 nitrogen and oxygen atoms in total. The quantitative estimate of drug-likeness (QED) is 0.242. The summed E-state index contributed by atoms with van der Waals surface area (Å²) in [6.45, 7) is 3.66. The highest BCUT2D eigenvalue weighted by Crippen LogP contribution is 2.26. The highest BCUT2D eigenvalue weighted by Gasteiger charge is 2.28. The fourth-order valence-electron chi connectivity index (χ4n) is 4.90. The van der Waals surface area contributed by atoms with Crippen molar-refractivity contribution in [2.24, 2.45) is 5.92 Å². The molecule has 8 heteroatoms. The number of urea groups is 1. The Bertz CT molecular complexity index is 1320. The fourth-order valence-corrected chi connectivity index (χ4v) is 4.90. The van der Waals surface area contributed by atoms with Crippen LogP contribution in [0.3, 0.4) is 0 Å². The van der Waals surface area contributed by atoms with Gasteiger partial charge in [-0.05, 0) is 65.1 Å². The molecule has 0 heterocycles. The van der Waals surface area contributed by atoms with Crippen molar-refractivity contribution < 1.29 is 29.3 Å². The van der Waals surface area contributed by atoms with Crippen LogP contribution in [0.15, 0.2) is 72.8 Å². The lowest BCUT2D eigenvalue weighted by molar-refractivity contribution is -0.144. The van der Waals surface area contributed by atoms with Crippen LogP contribution in [0, 0.1) is 5.92 Å². The Hall–Kier alpha value is -4.17. The molecule has 0 aliphatic heterocycles. The van der Waals surface area contributed by atoms with Gasteiger partial charge in [0.1, 0.15) is 11.8 Å². The summed E-state index contributed by atoms with van der Waals surface area (Å²) in [6.07, 6.45) is 1.47. The van der Waals surface area contributed by atoms with Crippen molar-refractivity contribution in [1.29, 1.82) is 0 Å². The van der Waals surface area contributed by atoms with Crippen molar-refractivity contribution in [3.8, 4) is 16.9 Å². The summed E-state index contributed by atoms with van der Waals surface area (Å²) >= 11 is 0. The van der Waals surface area contributed by atoms with E-state index in [-0.39, 0.29) is 25.4 Å². The van der Waals surface area contributed by atoms with Crippen molar-refractivity contribution in [2.75, 3.05) is 13.1 Å². The maximum absolute atomic E-state index is 13.2. The summed E-state index contributed by atoms with van der Waals surface area (Å²) in [7, 11) is 0. The van der Waals surface area contributed by atoms with Crippen LogP contribution < -0.4 is 10.1 Å². The molecule has 40 heavy (non-hydrogen) atoms. The maximum Gasteiger partial charge on any atom is 0.342 e. The minimum atomic E-state index is -1.59. The van der Waals surface area contributed by atoms with Gasteiger partial charge in [-0.1, -0.05) is 74.5 Å². The standard InChI is InChI=1S/C32H36N2O6/c1-21(2)19-34(20-29(35)31(38)40-27-16-15-24-9-6-10-26(24)18-27)32(39)33-28(30(36)37)17-22-11-13-25(14-12-22)23-7-4-3-5-8-23/h3-5,7-8,11-16,18,21,28-29,35H,6,9-10,17,19-20H2,1-2H3,(H,33,39)(H,36,37)/t28-,29?/m0/s1. The number of aliphatic carboxylic acids is 1. The molecule has 0 bridgehead atoms. The fraction of sp³-hybridized carbons (Fsp3) is 0.344. The van der Waals surface area contributed by atoms with Gasteiger partial charge in [0.05, 0.1) is 6.54 Å². The van der Waals surface area contributed by atoms with Crippen LogP contribution in [0.5, 0.6) is 5.75 Å². The van der Waals surface area contributed by atoms with Gasteiger partial charge < -0.3 is 25.2 Å². The smallest absolute Gasteiger partial charge is 0.342 e. The van der Waals surface area contributed by atoms with Crippen molar-refractivity contribution >= 4 is 18.0 Å². The summed E-state index contributed by atoms with van der Waals surface area (Å²) in [5.41, 5.74) is 5.18. The molecule has 0 fully saturated rings. The van der Waals surface area contributed by atoms with Crippen molar-refractivity contribution in [3.05, 3.63) is 89.5 Å². The van der Waals surface area contributed by atoms with E-state index in [1.54, 1.807) is 6.07 Å². The zero-order valence-corrected chi connectivity index (χ0v) is 22.9. The molecular formula is C32H36N2O6. The molecule has 0 saturated carbocycles. The number of nitrogens with zero attached hydrogens (tertiary/aromatic N) is 1. The third-order valence-electron chi connectivity index (χ3n) is 6.92. The second kappa shape index (κ2) is 13.3. The zero-order chi connectivity index (χ0) is 28.6. The highest BCUT2D eigenvalue weighted by molar-refractivity contribution is 5.84. The molecule has 0 spiro atoms. The molecule has 2 atom stereocenters. The Morgan fingerprint density at radius 2 is 1.57 bits per heavy atom. The van der Waals surface area contributed by atoms with Crippen LogP contribution in [-0.4, -0.2) is 58.3 Å². The summed E-state index contributed by atoms with van der Waals surface area (Å²) < 4.78 is 5.39. The van der Waals surface area contributed by atoms with Gasteiger partial charge >= 0.3 is 18.0 Å². The molecule has 3 aromatic rings. The first-order chi connectivity index (χ1) is 19.2. The van der Waals surface area contributed by atoms with Gasteiger partial charge in [-0.2, -0.15) is 0 Å². The van der Waals surface area contributed by atoms with Crippen LogP contribution in [0.25, 0.3) is 11.1 Å². The monoisotopic (exact) mass is 544 g/mol. The topological polar surface area (TPSA) is 116 Å². The van der Waals surface area contributed by atoms with Gasteiger partial charge in [-0.15, -0.1) is 0 Å². The summed E-state index contributed by atoms with van der Waals surface area (Å²) in [5.74, 6) is -1.68. The maximum atomic E-state index is 13.2. The number of hydrogen-bond acceptors (Lipinski definition) is 5. The lowest BCUT2D eigenvalue weighted by Gasteiger charge is -2.28. The molecule has 0 aromatic heterocycles. The Kier molecular flexibility index (Phi) is 9.56. The summed E-state index contributed by atoms with van der Waals surface area (Å²) in [6, 6.07) is 20.9. The average molecular weight is 545 g/mol. The minimum absolute atomic E-state index is 0.0134. The van der Waals surface area contributed by atoms with E-state index in [2.05, 4.69) is 5.32 Å². The van der Waals surface area contributed by atoms with E-state index in [0.717, 1.165) is 41.5 Å². The van der Waals surface area contributed by atoms with E-state index in [9.17, 15) is 24.6 Å². The summed E-state index contributed by atoms with van der Waals surface area (Å²) in [5, 5.41) is 23.0. The number of aliphatic hydroxyl groups is 1. The van der Waals surface area contributed by atoms with Gasteiger partial charge in [0, 0.05) is 13.0 Å². The number of nitrogens with one attached hydrogen (secondary N) is 1. The molecule has 1 aliphatic carbocycles. The van der Waals surface area contributed by atoms with Crippen LogP contribution in [0.1, 0.15) is 37.0 Å². The number of carbonyl (C=O) groups is 3. The zero-order valence-electron chi connectivity index (χ0n) is 22.9. The predicted molar refractivity (Wildman–Crippen MR) is 152 cm³/mol. The van der Waals surface area contributed by atoms with E-state index in [1.165, 1.54) is 10.5 Å². The molecule has 0 saturated heterocycles. The number of hydrogen-bond donors (Lipinski definition) is 3. The highest BCUT2D eigenvalue weighted by atomic mass is 16.5. The summed E-state index contributed by atoms with van der Waals surface area (Å²) in [4.78, 5) is 39.1. The number of fused-ring (bicyclic) bond motifs is 1. The Labute approximate surface area is 234 Å². The largest absolute Gasteiger partial charge is 0.480 e. The third kappa shape index (κ3) is 7.70. The van der Waals surface area contributed by atoms with Gasteiger partial charge in [0.15, 0.2) is 6.10 Å². The first kappa shape index (κ1) is 28.8. The minimum Gasteiger partial charge on any atom is -0.480 e. The average Bonchev–Trinajstić information content (AvgIpc) is 3.41. The van der Waals surface area contributed by atoms with Gasteiger partial charge in [0.2, 0.25) is 0 Å². The van der Waals surface area contributed by atoms with Gasteiger partial charge in [-0.3, -0.25) is 0 Å². The molecule has 0 radical (unpaired) electrons. The number of carboxylic acids is 1. The van der Waals surface area contributed by atoms with Crippen molar-refractivity contribution in [2.45, 2.75) is 51.7 Å². The molecule has 1 aliphatic rings. The molecule has 3 aromatic carbocycles. The molecular weight excluding hydrogens is 508 g/mol. The normalized spacial score (nSPS) is 13.8. The SMILES string of the molecule is CC(C)CN(CC(O)C(=O)Oc1ccc2c(c1)CCC2)C(=O)N[C@@H](Cc1ccc(-c2ccccc2)cc1)C(=O)O.